The molecule has 0 spiro atoms. The van der Waals surface area contributed by atoms with Crippen molar-refractivity contribution in [1.29, 1.82) is 0 Å². The second-order valence-electron chi connectivity index (χ2n) is 5.98. The average Bonchev–Trinajstić information content (AvgIpc) is 2.84. The van der Waals surface area contributed by atoms with Crippen LogP contribution in [0.4, 0.5) is 4.79 Å². The molecule has 2 N–H and O–H groups in total. The van der Waals surface area contributed by atoms with Crippen molar-refractivity contribution in [2.75, 3.05) is 13.1 Å². The fraction of sp³-hybridized carbons (Fsp3) is 0.333. The van der Waals surface area contributed by atoms with E-state index >= 15 is 0 Å². The van der Waals surface area contributed by atoms with Gasteiger partial charge in [0.25, 0.3) is 11.8 Å². The predicted octanol–water partition coefficient (Wildman–Crippen LogP) is 0.687. The first-order valence-corrected chi connectivity index (χ1v) is 8.07. The maximum absolute atomic E-state index is 12.7. The van der Waals surface area contributed by atoms with Crippen molar-refractivity contribution in [1.82, 2.24) is 15.5 Å². The smallest absolute Gasteiger partial charge is 0.327 e. The quantitative estimate of drug-likeness (QED) is 0.423. The third-order valence-corrected chi connectivity index (χ3v) is 4.01. The Balaban J connectivity index is 2.02. The van der Waals surface area contributed by atoms with Crippen LogP contribution in [0.25, 0.3) is 0 Å². The largest absolute Gasteiger partial charge is 0.451 e. The van der Waals surface area contributed by atoms with E-state index in [0.29, 0.717) is 5.56 Å². The minimum Gasteiger partial charge on any atom is -0.451 e. The zero-order valence-corrected chi connectivity index (χ0v) is 14.7. The normalized spacial score (nSPS) is 20.3. The van der Waals surface area contributed by atoms with Gasteiger partial charge in [-0.05, 0) is 19.4 Å². The predicted molar refractivity (Wildman–Crippen MR) is 92.8 cm³/mol. The summed E-state index contributed by atoms with van der Waals surface area (Å²) in [5.74, 6) is -1.91. The average molecular weight is 359 g/mol. The Morgan fingerprint density at radius 1 is 1.35 bits per heavy atom. The topological polar surface area (TPSA) is 105 Å². The highest BCUT2D eigenvalue weighted by Crippen LogP contribution is 2.28. The van der Waals surface area contributed by atoms with Crippen LogP contribution in [0, 0.1) is 0 Å². The summed E-state index contributed by atoms with van der Waals surface area (Å²) in [5.41, 5.74) is -0.655. The van der Waals surface area contributed by atoms with Crippen molar-refractivity contribution in [2.45, 2.75) is 25.5 Å². The van der Waals surface area contributed by atoms with Crippen molar-refractivity contribution >= 4 is 23.8 Å². The zero-order chi connectivity index (χ0) is 19.3. The van der Waals surface area contributed by atoms with Crippen LogP contribution >= 0.6 is 0 Å². The Morgan fingerprint density at radius 3 is 2.62 bits per heavy atom. The molecule has 1 aliphatic heterocycles. The van der Waals surface area contributed by atoms with Gasteiger partial charge in [-0.3, -0.25) is 19.3 Å². The monoisotopic (exact) mass is 359 g/mol. The minimum absolute atomic E-state index is 0.239. The van der Waals surface area contributed by atoms with Crippen molar-refractivity contribution in [3.05, 3.63) is 48.6 Å². The van der Waals surface area contributed by atoms with Gasteiger partial charge in [-0.25, -0.2) is 4.79 Å². The Hall–Kier alpha value is -3.16. The molecule has 2 rings (SSSR count). The number of hydrogen-bond acceptors (Lipinski definition) is 5. The standard InChI is InChI=1S/C18H21N3O5/c1-4-10-19-15(23)12(2)26-14(22)11-21-16(24)18(3,20-17(21)25)13-8-6-5-7-9-13/h4-9,12H,1,10-11H2,2-3H3,(H,19,23)(H,20,25)/t12-,18-/m0/s1. The van der Waals surface area contributed by atoms with E-state index < -0.39 is 42.0 Å². The summed E-state index contributed by atoms with van der Waals surface area (Å²) in [6.07, 6.45) is 0.438. The Morgan fingerprint density at radius 2 is 2.00 bits per heavy atom. The molecule has 4 amide bonds. The number of rotatable bonds is 7. The number of benzene rings is 1. The molecule has 1 heterocycles. The third-order valence-electron chi connectivity index (χ3n) is 4.01. The van der Waals surface area contributed by atoms with Gasteiger partial charge in [-0.1, -0.05) is 36.4 Å². The second kappa shape index (κ2) is 7.81. The number of amides is 4. The van der Waals surface area contributed by atoms with Crippen LogP contribution in [0.15, 0.2) is 43.0 Å². The molecule has 1 fully saturated rings. The van der Waals surface area contributed by atoms with E-state index in [-0.39, 0.29) is 6.54 Å². The van der Waals surface area contributed by atoms with E-state index in [1.165, 1.54) is 13.0 Å². The lowest BCUT2D eigenvalue weighted by Crippen LogP contribution is -2.42. The number of imide groups is 1. The minimum atomic E-state index is -1.26. The zero-order valence-electron chi connectivity index (χ0n) is 14.7. The Bertz CT molecular complexity index is 734. The lowest BCUT2D eigenvalue weighted by molar-refractivity contribution is -0.156. The number of urea groups is 1. The van der Waals surface area contributed by atoms with Crippen LogP contribution in [0.1, 0.15) is 19.4 Å². The fourth-order valence-corrected chi connectivity index (χ4v) is 2.54. The summed E-state index contributed by atoms with van der Waals surface area (Å²) in [7, 11) is 0. The summed E-state index contributed by atoms with van der Waals surface area (Å²) in [6.45, 7) is 6.10. The molecular weight excluding hydrogens is 338 g/mol. The van der Waals surface area contributed by atoms with Crippen molar-refractivity contribution in [3.63, 3.8) is 0 Å². The number of carbonyl (C=O) groups excluding carboxylic acids is 4. The maximum atomic E-state index is 12.7. The van der Waals surface area contributed by atoms with Crippen LogP contribution in [0.5, 0.6) is 0 Å². The van der Waals surface area contributed by atoms with E-state index in [4.69, 9.17) is 4.74 Å². The summed E-state index contributed by atoms with van der Waals surface area (Å²) >= 11 is 0. The van der Waals surface area contributed by atoms with Gasteiger partial charge in [0.15, 0.2) is 6.10 Å². The van der Waals surface area contributed by atoms with Crippen LogP contribution in [0.3, 0.4) is 0 Å². The molecule has 26 heavy (non-hydrogen) atoms. The van der Waals surface area contributed by atoms with Crippen LogP contribution < -0.4 is 10.6 Å². The molecule has 1 aromatic carbocycles. The van der Waals surface area contributed by atoms with E-state index in [9.17, 15) is 19.2 Å². The van der Waals surface area contributed by atoms with Crippen LogP contribution in [-0.4, -0.2) is 47.9 Å². The third kappa shape index (κ3) is 3.90. The number of ether oxygens (including phenoxy) is 1. The van der Waals surface area contributed by atoms with Crippen LogP contribution in [-0.2, 0) is 24.7 Å². The molecule has 8 heteroatoms. The van der Waals surface area contributed by atoms with Gasteiger partial charge in [0.1, 0.15) is 12.1 Å². The number of hydrogen-bond donors (Lipinski definition) is 2. The fourth-order valence-electron chi connectivity index (χ4n) is 2.54. The van der Waals surface area contributed by atoms with Gasteiger partial charge in [-0.2, -0.15) is 0 Å². The molecule has 0 unspecified atom stereocenters. The number of carbonyl (C=O) groups is 4. The summed E-state index contributed by atoms with van der Waals surface area (Å²) in [6, 6.07) is 8.03. The van der Waals surface area contributed by atoms with Crippen molar-refractivity contribution in [2.24, 2.45) is 0 Å². The molecule has 2 atom stereocenters. The Kier molecular flexibility index (Phi) is 5.76. The Labute approximate surface area is 151 Å². The van der Waals surface area contributed by atoms with E-state index in [2.05, 4.69) is 17.2 Å². The first-order valence-electron chi connectivity index (χ1n) is 8.07. The van der Waals surface area contributed by atoms with Gasteiger partial charge in [0.2, 0.25) is 0 Å². The summed E-state index contributed by atoms with van der Waals surface area (Å²) in [5, 5.41) is 5.08. The van der Waals surface area contributed by atoms with Gasteiger partial charge in [-0.15, -0.1) is 6.58 Å². The molecule has 1 aromatic rings. The molecule has 0 radical (unpaired) electrons. The lowest BCUT2D eigenvalue weighted by atomic mass is 9.92. The molecule has 0 bridgehead atoms. The molecule has 138 valence electrons. The maximum Gasteiger partial charge on any atom is 0.327 e. The van der Waals surface area contributed by atoms with Crippen LogP contribution in [0.2, 0.25) is 0 Å². The first-order chi connectivity index (χ1) is 12.3. The molecule has 8 nitrogen and oxygen atoms in total. The van der Waals surface area contributed by atoms with Crippen molar-refractivity contribution in [3.8, 4) is 0 Å². The second-order valence-corrected chi connectivity index (χ2v) is 5.98. The van der Waals surface area contributed by atoms with E-state index in [0.717, 1.165) is 4.90 Å². The van der Waals surface area contributed by atoms with E-state index in [1.54, 1.807) is 37.3 Å². The summed E-state index contributed by atoms with van der Waals surface area (Å²) in [4.78, 5) is 49.4. The van der Waals surface area contributed by atoms with Gasteiger partial charge < -0.3 is 15.4 Å². The first kappa shape index (κ1) is 19.2. The highest BCUT2D eigenvalue weighted by Gasteiger charge is 2.49. The van der Waals surface area contributed by atoms with Gasteiger partial charge in [0, 0.05) is 6.54 Å². The van der Waals surface area contributed by atoms with Gasteiger partial charge in [0.05, 0.1) is 0 Å². The van der Waals surface area contributed by atoms with E-state index in [1.807, 2.05) is 0 Å². The number of esters is 1. The number of nitrogens with one attached hydrogen (secondary N) is 2. The lowest BCUT2D eigenvalue weighted by Gasteiger charge is -2.22. The highest BCUT2D eigenvalue weighted by molar-refractivity contribution is 6.08. The molecule has 1 saturated heterocycles. The van der Waals surface area contributed by atoms with Crippen molar-refractivity contribution < 1.29 is 23.9 Å². The SMILES string of the molecule is C=CCNC(=O)[C@H](C)OC(=O)CN1C(=O)N[C@@](C)(c2ccccc2)C1=O. The molecule has 0 aromatic heterocycles. The molecule has 0 saturated carbocycles. The number of nitrogens with zero attached hydrogens (tertiary/aromatic N) is 1. The highest BCUT2D eigenvalue weighted by atomic mass is 16.5. The van der Waals surface area contributed by atoms with Gasteiger partial charge >= 0.3 is 12.0 Å². The molecule has 0 aliphatic carbocycles. The molecular formula is C18H21N3O5. The summed E-state index contributed by atoms with van der Waals surface area (Å²) < 4.78 is 4.98. The molecule has 1 aliphatic rings.